The highest BCUT2D eigenvalue weighted by atomic mass is 31.2. The molecule has 14 heteroatoms. The van der Waals surface area contributed by atoms with Gasteiger partial charge < -0.3 is 19.9 Å². The maximum Gasteiger partial charge on any atom is 0.510 e. The fraction of sp³-hybridized carbons (Fsp3) is 0.529. The molecule has 3 unspecified atom stereocenters. The molecule has 0 spiro atoms. The number of rotatable bonds is 5. The summed E-state index contributed by atoms with van der Waals surface area (Å²) in [6.45, 7) is 2.68. The Hall–Kier alpha value is -2.75. The van der Waals surface area contributed by atoms with Gasteiger partial charge in [-0.3, -0.25) is 13.6 Å². The van der Waals surface area contributed by atoms with Crippen molar-refractivity contribution in [1.29, 1.82) is 0 Å². The van der Waals surface area contributed by atoms with E-state index in [1.807, 2.05) is 0 Å². The van der Waals surface area contributed by atoms with Gasteiger partial charge in [-0.05, 0) is 13.8 Å². The van der Waals surface area contributed by atoms with Gasteiger partial charge in [0, 0.05) is 6.42 Å². The zero-order chi connectivity index (χ0) is 22.6. The number of phosphoric ester groups is 1. The van der Waals surface area contributed by atoms with E-state index in [1.54, 1.807) is 24.7 Å². The van der Waals surface area contributed by atoms with Crippen molar-refractivity contribution in [3.63, 3.8) is 0 Å². The number of nitrogens with two attached hydrogens (primary N) is 1. The number of carbonyl (C=O) groups excluding carboxylic acids is 1. The van der Waals surface area contributed by atoms with Gasteiger partial charge in [0.25, 0.3) is 0 Å². The summed E-state index contributed by atoms with van der Waals surface area (Å²) in [4.78, 5) is 23.6. The lowest BCUT2D eigenvalue weighted by molar-refractivity contribution is -0.0830. The Morgan fingerprint density at radius 2 is 2.13 bits per heavy atom. The molecule has 2 fully saturated rings. The minimum absolute atomic E-state index is 0.0152. The first kappa shape index (κ1) is 22.9. The Morgan fingerprint density at radius 1 is 1.35 bits per heavy atom. The molecule has 0 saturated carbocycles. The Morgan fingerprint density at radius 3 is 2.87 bits per heavy atom. The van der Waals surface area contributed by atoms with Crippen LogP contribution in [0.15, 0.2) is 12.7 Å². The van der Waals surface area contributed by atoms with Crippen molar-refractivity contribution in [2.24, 2.45) is 0 Å². The summed E-state index contributed by atoms with van der Waals surface area (Å²) in [7, 11) is -3.92. The van der Waals surface area contributed by atoms with E-state index < -0.39 is 39.2 Å². The molecule has 0 radical (unpaired) electrons. The lowest BCUT2D eigenvalue weighted by Gasteiger charge is -2.29. The zero-order valence-corrected chi connectivity index (χ0v) is 17.7. The Kier molecular flexibility index (Phi) is 7.09. The number of anilines is 1. The Bertz CT molecular complexity index is 995. The predicted molar refractivity (Wildman–Crippen MR) is 105 cm³/mol. The molecule has 0 bridgehead atoms. The SMILES string of the molecule is C#C.CC(C)OC(=O)OCOP1(=O)OC[C@H]2OC(n3cnc4c(N)ncnc43)CC2O1. The number of ether oxygens (including phenoxy) is 3. The molecule has 0 amide bonds. The molecule has 4 heterocycles. The van der Waals surface area contributed by atoms with Gasteiger partial charge in [0.05, 0.1) is 19.0 Å². The van der Waals surface area contributed by atoms with Crippen molar-refractivity contribution in [2.45, 2.75) is 44.8 Å². The molecule has 13 nitrogen and oxygen atoms in total. The van der Waals surface area contributed by atoms with Gasteiger partial charge in [-0.1, -0.05) is 0 Å². The second kappa shape index (κ2) is 9.59. The van der Waals surface area contributed by atoms with Crippen molar-refractivity contribution in [1.82, 2.24) is 19.5 Å². The van der Waals surface area contributed by atoms with Crippen molar-refractivity contribution >= 4 is 31.0 Å². The number of nitrogen functional groups attached to an aromatic ring is 1. The topological polar surface area (TPSA) is 159 Å². The van der Waals surface area contributed by atoms with Gasteiger partial charge in [0.1, 0.15) is 30.3 Å². The van der Waals surface area contributed by atoms with Crippen molar-refractivity contribution < 1.29 is 37.1 Å². The van der Waals surface area contributed by atoms with Gasteiger partial charge >= 0.3 is 14.0 Å². The number of hydrogen-bond acceptors (Lipinski definition) is 12. The molecule has 2 aliphatic heterocycles. The number of hydrogen-bond donors (Lipinski definition) is 1. The molecule has 2 aromatic rings. The molecule has 0 aromatic carbocycles. The predicted octanol–water partition coefficient (Wildman–Crippen LogP) is 2.00. The molecule has 4 atom stereocenters. The van der Waals surface area contributed by atoms with E-state index in [-0.39, 0.29) is 18.5 Å². The largest absolute Gasteiger partial charge is 0.510 e. The molecule has 2 aromatic heterocycles. The molecular weight excluding hydrogens is 433 g/mol. The van der Waals surface area contributed by atoms with E-state index in [1.165, 1.54) is 6.33 Å². The van der Waals surface area contributed by atoms with E-state index >= 15 is 0 Å². The molecule has 2 saturated heterocycles. The zero-order valence-electron chi connectivity index (χ0n) is 16.8. The first-order valence-corrected chi connectivity index (χ1v) is 10.6. The van der Waals surface area contributed by atoms with Crippen LogP contribution in [0.25, 0.3) is 11.2 Å². The van der Waals surface area contributed by atoms with Gasteiger partial charge in [0.2, 0.25) is 6.79 Å². The second-order valence-corrected chi connectivity index (χ2v) is 8.26. The van der Waals surface area contributed by atoms with E-state index in [0.717, 1.165) is 0 Å². The summed E-state index contributed by atoms with van der Waals surface area (Å²) in [6.07, 6.45) is 8.44. The van der Waals surface area contributed by atoms with Crippen LogP contribution in [-0.4, -0.2) is 57.4 Å². The van der Waals surface area contributed by atoms with Crippen LogP contribution in [0.4, 0.5) is 10.6 Å². The molecular formula is C17H22N5O8P. The van der Waals surface area contributed by atoms with Crippen LogP contribution < -0.4 is 5.73 Å². The molecule has 31 heavy (non-hydrogen) atoms. The minimum Gasteiger partial charge on any atom is -0.432 e. The normalized spacial score (nSPS) is 27.3. The molecule has 4 rings (SSSR count). The molecule has 0 aliphatic carbocycles. The summed E-state index contributed by atoms with van der Waals surface area (Å²) in [5, 5.41) is 0. The molecule has 168 valence electrons. The maximum atomic E-state index is 12.6. The minimum atomic E-state index is -3.92. The average Bonchev–Trinajstić information content (AvgIpc) is 3.33. The van der Waals surface area contributed by atoms with E-state index in [0.29, 0.717) is 17.6 Å². The third-order valence-corrected chi connectivity index (χ3v) is 5.67. The van der Waals surface area contributed by atoms with E-state index in [9.17, 15) is 9.36 Å². The van der Waals surface area contributed by atoms with E-state index in [4.69, 9.17) is 28.8 Å². The van der Waals surface area contributed by atoms with Crippen molar-refractivity contribution in [2.75, 3.05) is 19.1 Å². The highest BCUT2D eigenvalue weighted by Gasteiger charge is 2.48. The summed E-state index contributed by atoms with van der Waals surface area (Å²) < 4.78 is 45.4. The first-order valence-electron chi connectivity index (χ1n) is 9.17. The van der Waals surface area contributed by atoms with E-state index in [2.05, 4.69) is 32.5 Å². The fourth-order valence-electron chi connectivity index (χ4n) is 3.01. The van der Waals surface area contributed by atoms with Gasteiger partial charge in [-0.2, -0.15) is 0 Å². The number of nitrogens with zero attached hydrogens (tertiary/aromatic N) is 4. The van der Waals surface area contributed by atoms with Crippen molar-refractivity contribution in [3.05, 3.63) is 12.7 Å². The number of phosphoric acid groups is 1. The second-order valence-electron chi connectivity index (χ2n) is 6.64. The third kappa shape index (κ3) is 5.12. The molecule has 2 aliphatic rings. The Labute approximate surface area is 177 Å². The summed E-state index contributed by atoms with van der Waals surface area (Å²) in [6, 6.07) is 0. The average molecular weight is 455 g/mol. The molecule has 2 N–H and O–H groups in total. The lowest BCUT2D eigenvalue weighted by atomic mass is 10.2. The van der Waals surface area contributed by atoms with Crippen LogP contribution in [0.1, 0.15) is 26.5 Å². The number of fused-ring (bicyclic) bond motifs is 2. The Balaban J connectivity index is 0.00000132. The summed E-state index contributed by atoms with van der Waals surface area (Å²) in [5.74, 6) is 0.262. The summed E-state index contributed by atoms with van der Waals surface area (Å²) in [5.41, 5.74) is 6.78. The van der Waals surface area contributed by atoms with Crippen LogP contribution in [0.3, 0.4) is 0 Å². The van der Waals surface area contributed by atoms with Gasteiger partial charge in [-0.25, -0.2) is 28.8 Å². The number of imidazole rings is 1. The lowest BCUT2D eigenvalue weighted by Crippen LogP contribution is -2.33. The third-order valence-electron chi connectivity index (χ3n) is 4.26. The van der Waals surface area contributed by atoms with Gasteiger partial charge in [-0.15, -0.1) is 12.8 Å². The summed E-state index contributed by atoms with van der Waals surface area (Å²) >= 11 is 0. The van der Waals surface area contributed by atoms with Crippen LogP contribution in [0.2, 0.25) is 0 Å². The standard InChI is InChI=1S/C15H20N5O8P.C2H2/c1-8(2)26-15(21)23-7-25-29(22)24-4-10-9(28-29)3-11(27-10)20-6-19-12-13(16)17-5-18-14(12)20;1-2/h5-6,8-11H,3-4,7H2,1-2H3,(H2,16,17,18);1-2H/t9?,10-,11?,29?;/m1./s1. The fourth-order valence-corrected chi connectivity index (χ4v) is 4.27. The van der Waals surface area contributed by atoms with Crippen LogP contribution >= 0.6 is 7.82 Å². The van der Waals surface area contributed by atoms with Gasteiger partial charge in [0.15, 0.2) is 11.5 Å². The first-order chi connectivity index (χ1) is 14.8. The number of carbonyl (C=O) groups is 1. The monoisotopic (exact) mass is 455 g/mol. The highest BCUT2D eigenvalue weighted by molar-refractivity contribution is 7.48. The number of terminal acetylenes is 1. The maximum absolute atomic E-state index is 12.6. The van der Waals surface area contributed by atoms with Crippen LogP contribution in [0, 0.1) is 12.8 Å². The van der Waals surface area contributed by atoms with Crippen molar-refractivity contribution in [3.8, 4) is 12.8 Å². The van der Waals surface area contributed by atoms with Crippen LogP contribution in [-0.2, 0) is 32.3 Å². The quantitative estimate of drug-likeness (QED) is 0.303. The van der Waals surface area contributed by atoms with Crippen LogP contribution in [0.5, 0.6) is 0 Å². The highest BCUT2D eigenvalue weighted by Crippen LogP contribution is 2.56. The smallest absolute Gasteiger partial charge is 0.432 e. The number of aromatic nitrogens is 4.